The molecular formula is C21H43KO4S. The van der Waals surface area contributed by atoms with E-state index in [0.29, 0.717) is 6.42 Å². The van der Waals surface area contributed by atoms with E-state index in [0.717, 1.165) is 44.9 Å². The van der Waals surface area contributed by atoms with Crippen LogP contribution in [0.4, 0.5) is 0 Å². The summed E-state index contributed by atoms with van der Waals surface area (Å²) in [6.45, 7) is 3.74. The Labute approximate surface area is 211 Å². The van der Waals surface area contributed by atoms with Crippen molar-refractivity contribution in [3.63, 3.8) is 0 Å². The number of hydrogen-bond acceptors (Lipinski definition) is 4. The molecule has 0 aliphatic rings. The number of hydrogen-bond donors (Lipinski definition) is 1. The van der Waals surface area contributed by atoms with E-state index in [9.17, 15) is 18.1 Å². The van der Waals surface area contributed by atoms with Crippen LogP contribution in [0.3, 0.4) is 0 Å². The third-order valence-electron chi connectivity index (χ3n) is 5.28. The van der Waals surface area contributed by atoms with Crippen molar-refractivity contribution in [2.75, 3.05) is 0 Å². The Hall–Kier alpha value is 1.51. The van der Waals surface area contributed by atoms with Gasteiger partial charge in [-0.3, -0.25) is 0 Å². The minimum Gasteiger partial charge on any atom is -0.748 e. The molecule has 0 aromatic carbocycles. The van der Waals surface area contributed by atoms with Crippen molar-refractivity contribution < 1.29 is 69.5 Å². The number of aliphatic hydroxyl groups is 1. The maximum atomic E-state index is 10.8. The van der Waals surface area contributed by atoms with Crippen molar-refractivity contribution in [1.82, 2.24) is 0 Å². The molecule has 0 saturated heterocycles. The van der Waals surface area contributed by atoms with Crippen molar-refractivity contribution in [2.45, 2.75) is 134 Å². The summed E-state index contributed by atoms with van der Waals surface area (Å²) in [5.41, 5.74) is 0. The van der Waals surface area contributed by atoms with E-state index >= 15 is 0 Å². The van der Waals surface area contributed by atoms with Crippen molar-refractivity contribution in [3.05, 3.63) is 0 Å². The summed E-state index contributed by atoms with van der Waals surface area (Å²) in [6.07, 6.45) is 18.9. The van der Waals surface area contributed by atoms with Gasteiger partial charge in [0, 0.05) is 5.25 Å². The van der Waals surface area contributed by atoms with Crippen LogP contribution >= 0.6 is 0 Å². The summed E-state index contributed by atoms with van der Waals surface area (Å²) in [5.74, 6) is 0. The Balaban J connectivity index is 0. The molecule has 0 amide bonds. The quantitative estimate of drug-likeness (QED) is 0.194. The Morgan fingerprint density at radius 3 is 1.41 bits per heavy atom. The first-order chi connectivity index (χ1) is 12.4. The summed E-state index contributed by atoms with van der Waals surface area (Å²) >= 11 is 0. The van der Waals surface area contributed by atoms with E-state index in [1.165, 1.54) is 64.7 Å². The zero-order chi connectivity index (χ0) is 19.7. The summed E-state index contributed by atoms with van der Waals surface area (Å²) in [7, 11) is -4.12. The second-order valence-corrected chi connectivity index (χ2v) is 9.71. The summed E-state index contributed by atoms with van der Waals surface area (Å²) in [6, 6.07) is 0. The maximum absolute atomic E-state index is 10.8. The minimum atomic E-state index is -4.12. The van der Waals surface area contributed by atoms with Crippen molar-refractivity contribution in [3.8, 4) is 0 Å². The third kappa shape index (κ3) is 22.0. The Morgan fingerprint density at radius 2 is 1.04 bits per heavy atom. The van der Waals surface area contributed by atoms with Crippen LogP contribution in [0.25, 0.3) is 0 Å². The molecule has 0 aromatic heterocycles. The van der Waals surface area contributed by atoms with Gasteiger partial charge in [0.05, 0.1) is 16.2 Å². The van der Waals surface area contributed by atoms with E-state index < -0.39 is 15.4 Å². The van der Waals surface area contributed by atoms with Crippen LogP contribution in [-0.4, -0.2) is 29.4 Å². The van der Waals surface area contributed by atoms with Gasteiger partial charge >= 0.3 is 51.4 Å². The number of aliphatic hydroxyl groups excluding tert-OH is 1. The second kappa shape index (κ2) is 20.8. The molecule has 27 heavy (non-hydrogen) atoms. The molecule has 0 bridgehead atoms. The molecule has 0 aliphatic carbocycles. The van der Waals surface area contributed by atoms with E-state index in [4.69, 9.17) is 0 Å². The smallest absolute Gasteiger partial charge is 0.748 e. The van der Waals surface area contributed by atoms with Crippen LogP contribution in [0, 0.1) is 0 Å². The first-order valence-electron chi connectivity index (χ1n) is 11.0. The van der Waals surface area contributed by atoms with Gasteiger partial charge in [-0.15, -0.1) is 0 Å². The van der Waals surface area contributed by atoms with E-state index in [-0.39, 0.29) is 57.5 Å². The van der Waals surface area contributed by atoms with Gasteiger partial charge in [-0.1, -0.05) is 96.8 Å². The number of rotatable bonds is 19. The minimum absolute atomic E-state index is 0. The van der Waals surface area contributed by atoms with Gasteiger partial charge in [-0.05, 0) is 26.2 Å². The SMILES string of the molecule is CCCCCCCCCCCCC(O)CCCCCCC(C)S(=O)(=O)[O-].[K+]. The molecule has 1 N–H and O–H groups in total. The Morgan fingerprint density at radius 1 is 0.704 bits per heavy atom. The van der Waals surface area contributed by atoms with Crippen LogP contribution in [0.15, 0.2) is 0 Å². The van der Waals surface area contributed by atoms with Crippen LogP contribution in [-0.2, 0) is 10.1 Å². The van der Waals surface area contributed by atoms with Gasteiger partial charge in [-0.25, -0.2) is 8.42 Å². The van der Waals surface area contributed by atoms with Crippen LogP contribution < -0.4 is 51.4 Å². The molecule has 2 atom stereocenters. The largest absolute Gasteiger partial charge is 1.00 e. The molecule has 158 valence electrons. The van der Waals surface area contributed by atoms with Crippen molar-refractivity contribution in [2.24, 2.45) is 0 Å². The third-order valence-corrected chi connectivity index (χ3v) is 6.50. The fraction of sp³-hybridized carbons (Fsp3) is 1.00. The average Bonchev–Trinajstić information content (AvgIpc) is 2.58. The van der Waals surface area contributed by atoms with Crippen molar-refractivity contribution in [1.29, 1.82) is 0 Å². The molecular weight excluding hydrogens is 387 g/mol. The van der Waals surface area contributed by atoms with E-state index in [1.54, 1.807) is 0 Å². The summed E-state index contributed by atoms with van der Waals surface area (Å²) in [5, 5.41) is 9.23. The number of unbranched alkanes of at least 4 members (excludes halogenated alkanes) is 12. The molecule has 0 heterocycles. The van der Waals surface area contributed by atoms with Gasteiger partial charge in [0.15, 0.2) is 0 Å². The molecule has 0 fully saturated rings. The molecule has 0 aromatic rings. The molecule has 2 unspecified atom stereocenters. The fourth-order valence-corrected chi connectivity index (χ4v) is 3.78. The van der Waals surface area contributed by atoms with Gasteiger partial charge in [0.2, 0.25) is 0 Å². The van der Waals surface area contributed by atoms with Crippen LogP contribution in [0.5, 0.6) is 0 Å². The van der Waals surface area contributed by atoms with Crippen LogP contribution in [0.1, 0.15) is 123 Å². The fourth-order valence-electron chi connectivity index (χ4n) is 3.32. The normalized spacial score (nSPS) is 13.9. The average molecular weight is 431 g/mol. The zero-order valence-corrected chi connectivity index (χ0v) is 22.2. The topological polar surface area (TPSA) is 77.4 Å². The van der Waals surface area contributed by atoms with Crippen molar-refractivity contribution >= 4 is 10.1 Å². The first kappa shape index (κ1) is 30.7. The summed E-state index contributed by atoms with van der Waals surface area (Å²) in [4.78, 5) is 0. The maximum Gasteiger partial charge on any atom is 1.00 e. The molecule has 0 radical (unpaired) electrons. The van der Waals surface area contributed by atoms with Gasteiger partial charge in [0.1, 0.15) is 0 Å². The summed E-state index contributed by atoms with van der Waals surface area (Å²) < 4.78 is 32.4. The van der Waals surface area contributed by atoms with Gasteiger partial charge in [0.25, 0.3) is 0 Å². The monoisotopic (exact) mass is 430 g/mol. The van der Waals surface area contributed by atoms with Crippen LogP contribution in [0.2, 0.25) is 0 Å². The Bertz CT molecular complexity index is 401. The standard InChI is InChI=1S/C21H44O4S.K/c1-3-4-5-6-7-8-9-10-11-15-18-21(22)19-16-13-12-14-17-20(2)26(23,24)25;/h20-22H,3-19H2,1-2H3,(H,23,24,25);/q;+1/p-1. The molecule has 6 heteroatoms. The van der Waals surface area contributed by atoms with Gasteiger partial charge in [-0.2, -0.15) is 0 Å². The second-order valence-electron chi connectivity index (χ2n) is 7.92. The van der Waals surface area contributed by atoms with E-state index in [1.807, 2.05) is 0 Å². The molecule has 0 rings (SSSR count). The zero-order valence-electron chi connectivity index (χ0n) is 18.3. The Kier molecular flexibility index (Phi) is 23.6. The molecule has 4 nitrogen and oxygen atoms in total. The first-order valence-corrected chi connectivity index (χ1v) is 12.5. The van der Waals surface area contributed by atoms with E-state index in [2.05, 4.69) is 6.92 Å². The van der Waals surface area contributed by atoms with Gasteiger partial charge < -0.3 is 9.66 Å². The molecule has 0 saturated carbocycles. The molecule has 0 aliphatic heterocycles. The predicted molar refractivity (Wildman–Crippen MR) is 109 cm³/mol. The predicted octanol–water partition coefficient (Wildman–Crippen LogP) is 2.94. The molecule has 0 spiro atoms.